The van der Waals surface area contributed by atoms with Crippen LogP contribution in [0.1, 0.15) is 13.8 Å². The van der Waals surface area contributed by atoms with Crippen LogP contribution in [0.5, 0.6) is 0 Å². The highest BCUT2D eigenvalue weighted by Gasteiger charge is 2.19. The van der Waals surface area contributed by atoms with Gasteiger partial charge in [-0.1, -0.05) is 29.8 Å². The molecule has 0 bridgehead atoms. The molecule has 1 aromatic rings. The first kappa shape index (κ1) is 13.7. The third kappa shape index (κ3) is 3.29. The van der Waals surface area contributed by atoms with Gasteiger partial charge in [-0.3, -0.25) is 4.68 Å². The monoisotopic (exact) mass is 309 g/mol. The molecule has 16 heavy (non-hydrogen) atoms. The zero-order valence-electron chi connectivity index (χ0n) is 9.51. The summed E-state index contributed by atoms with van der Waals surface area (Å²) >= 11 is 3.43. The van der Waals surface area contributed by atoms with Gasteiger partial charge in [0, 0.05) is 18.4 Å². The Morgan fingerprint density at radius 2 is 2.19 bits per heavy atom. The zero-order chi connectivity index (χ0) is 12.3. The van der Waals surface area contributed by atoms with Gasteiger partial charge in [-0.15, -0.1) is 0 Å². The maximum atomic E-state index is 11.8. The Morgan fingerprint density at radius 1 is 1.56 bits per heavy atom. The molecule has 1 unspecified atom stereocenters. The van der Waals surface area contributed by atoms with Crippen LogP contribution in [-0.4, -0.2) is 29.6 Å². The highest BCUT2D eigenvalue weighted by molar-refractivity contribution is 9.09. The van der Waals surface area contributed by atoms with Gasteiger partial charge in [-0.25, -0.2) is 13.1 Å². The van der Waals surface area contributed by atoms with Crippen molar-refractivity contribution in [3.63, 3.8) is 0 Å². The molecule has 0 saturated heterocycles. The van der Waals surface area contributed by atoms with Gasteiger partial charge in [0.1, 0.15) is 0 Å². The predicted molar refractivity (Wildman–Crippen MR) is 65.9 cm³/mol. The smallest absolute Gasteiger partial charge is 0.256 e. The number of sulfonamides is 1. The van der Waals surface area contributed by atoms with E-state index in [2.05, 4.69) is 25.8 Å². The van der Waals surface area contributed by atoms with Gasteiger partial charge in [0.25, 0.3) is 10.0 Å². The second-order valence-corrected chi connectivity index (χ2v) is 6.79. The van der Waals surface area contributed by atoms with Gasteiger partial charge < -0.3 is 0 Å². The van der Waals surface area contributed by atoms with Crippen LogP contribution in [-0.2, 0) is 17.1 Å². The summed E-state index contributed by atoms with van der Waals surface area (Å²) in [5, 5.41) is 4.01. The van der Waals surface area contributed by atoms with Crippen LogP contribution < -0.4 is 4.72 Å². The van der Waals surface area contributed by atoms with E-state index >= 15 is 0 Å². The largest absolute Gasteiger partial charge is 0.257 e. The van der Waals surface area contributed by atoms with Crippen LogP contribution in [0.3, 0.4) is 0 Å². The van der Waals surface area contributed by atoms with E-state index in [-0.39, 0.29) is 9.85 Å². The Morgan fingerprint density at radius 3 is 2.62 bits per heavy atom. The molecule has 0 radical (unpaired) electrons. The summed E-state index contributed by atoms with van der Waals surface area (Å²) in [6.45, 7) is 4.42. The predicted octanol–water partition coefficient (Wildman–Crippen LogP) is 1.12. The molecule has 1 heterocycles. The average molecular weight is 310 g/mol. The van der Waals surface area contributed by atoms with E-state index in [1.165, 1.54) is 16.9 Å². The number of rotatable bonds is 5. The van der Waals surface area contributed by atoms with Gasteiger partial charge in [0.15, 0.2) is 5.03 Å². The lowest BCUT2D eigenvalue weighted by molar-refractivity contribution is 0.549. The molecule has 0 fully saturated rings. The molecule has 0 spiro atoms. The third-order valence-electron chi connectivity index (χ3n) is 2.24. The number of hydrogen-bond acceptors (Lipinski definition) is 3. The number of nitrogens with one attached hydrogen (secondary N) is 1. The Kier molecular flexibility index (Phi) is 4.52. The van der Waals surface area contributed by atoms with E-state index < -0.39 is 10.0 Å². The fraction of sp³-hybridized carbons (Fsp3) is 0.667. The van der Waals surface area contributed by atoms with E-state index in [9.17, 15) is 8.42 Å². The van der Waals surface area contributed by atoms with Crippen molar-refractivity contribution < 1.29 is 8.42 Å². The minimum atomic E-state index is -3.46. The van der Waals surface area contributed by atoms with Gasteiger partial charge in [0.2, 0.25) is 0 Å². The van der Waals surface area contributed by atoms with Crippen LogP contribution in [0, 0.1) is 5.92 Å². The fourth-order valence-electron chi connectivity index (χ4n) is 1.12. The van der Waals surface area contributed by atoms with Crippen LogP contribution in [0.4, 0.5) is 0 Å². The summed E-state index contributed by atoms with van der Waals surface area (Å²) in [6, 6.07) is 1.47. The molecule has 0 aliphatic rings. The average Bonchev–Trinajstić information content (AvgIpc) is 2.61. The van der Waals surface area contributed by atoms with E-state index in [1.807, 2.05) is 13.8 Å². The molecule has 0 aliphatic carbocycles. The second-order valence-electron chi connectivity index (χ2n) is 3.90. The van der Waals surface area contributed by atoms with Crippen molar-refractivity contribution in [2.24, 2.45) is 13.0 Å². The molecule has 7 heteroatoms. The molecule has 0 saturated carbocycles. The Bertz CT molecular complexity index is 441. The molecule has 5 nitrogen and oxygen atoms in total. The normalized spacial score (nSPS) is 14.3. The van der Waals surface area contributed by atoms with Crippen LogP contribution in [0.2, 0.25) is 0 Å². The van der Waals surface area contributed by atoms with Gasteiger partial charge in [-0.2, -0.15) is 5.10 Å². The number of halogens is 1. The summed E-state index contributed by atoms with van der Waals surface area (Å²) in [7, 11) is -1.86. The van der Waals surface area contributed by atoms with Crippen molar-refractivity contribution in [2.75, 3.05) is 6.54 Å². The summed E-state index contributed by atoms with van der Waals surface area (Å²) in [5.41, 5.74) is 0. The minimum Gasteiger partial charge on any atom is -0.256 e. The van der Waals surface area contributed by atoms with Crippen molar-refractivity contribution in [3.8, 4) is 0 Å². The maximum Gasteiger partial charge on any atom is 0.257 e. The summed E-state index contributed by atoms with van der Waals surface area (Å²) in [6.07, 6.45) is 1.46. The topological polar surface area (TPSA) is 64.0 Å². The number of nitrogens with zero attached hydrogens (tertiary/aromatic N) is 2. The van der Waals surface area contributed by atoms with Crippen molar-refractivity contribution in [1.29, 1.82) is 0 Å². The SMILES string of the molecule is CC(C)C(Br)CNS(=O)(=O)c1ccnn1C. The molecule has 0 amide bonds. The minimum absolute atomic E-state index is 0.121. The van der Waals surface area contributed by atoms with E-state index in [1.54, 1.807) is 7.05 Å². The highest BCUT2D eigenvalue weighted by atomic mass is 79.9. The maximum absolute atomic E-state index is 11.8. The standard InChI is InChI=1S/C9H16BrN3O2S/c1-7(2)8(10)6-12-16(14,15)9-4-5-11-13(9)3/h4-5,7-8,12H,6H2,1-3H3. The van der Waals surface area contributed by atoms with E-state index in [0.29, 0.717) is 12.5 Å². The lowest BCUT2D eigenvalue weighted by atomic mass is 10.1. The molecule has 1 rings (SSSR count). The van der Waals surface area contributed by atoms with Crippen LogP contribution in [0.25, 0.3) is 0 Å². The summed E-state index contributed by atoms with van der Waals surface area (Å²) < 4.78 is 27.6. The van der Waals surface area contributed by atoms with Crippen molar-refractivity contribution in [3.05, 3.63) is 12.3 Å². The first-order chi connectivity index (χ1) is 7.34. The molecule has 1 atom stereocenters. The first-order valence-corrected chi connectivity index (χ1v) is 7.36. The number of alkyl halides is 1. The van der Waals surface area contributed by atoms with Gasteiger partial charge in [0.05, 0.1) is 6.20 Å². The van der Waals surface area contributed by atoms with Crippen molar-refractivity contribution >= 4 is 26.0 Å². The lowest BCUT2D eigenvalue weighted by Gasteiger charge is -2.14. The quantitative estimate of drug-likeness (QED) is 0.829. The van der Waals surface area contributed by atoms with Crippen molar-refractivity contribution in [1.82, 2.24) is 14.5 Å². The van der Waals surface area contributed by atoms with Crippen LogP contribution in [0.15, 0.2) is 17.3 Å². The van der Waals surface area contributed by atoms with Gasteiger partial charge >= 0.3 is 0 Å². The zero-order valence-corrected chi connectivity index (χ0v) is 11.9. The number of hydrogen-bond donors (Lipinski definition) is 1. The fourth-order valence-corrected chi connectivity index (χ4v) is 2.68. The molecular weight excluding hydrogens is 294 g/mol. The van der Waals surface area contributed by atoms with Crippen molar-refractivity contribution in [2.45, 2.75) is 23.7 Å². The second kappa shape index (κ2) is 5.29. The summed E-state index contributed by atoms with van der Waals surface area (Å²) in [4.78, 5) is 0.121. The van der Waals surface area contributed by atoms with E-state index in [0.717, 1.165) is 0 Å². The molecule has 0 aromatic carbocycles. The summed E-state index contributed by atoms with van der Waals surface area (Å²) in [5.74, 6) is 0.370. The van der Waals surface area contributed by atoms with Gasteiger partial charge in [-0.05, 0) is 12.0 Å². The first-order valence-electron chi connectivity index (χ1n) is 4.96. The Hall–Kier alpha value is -0.400. The third-order valence-corrected chi connectivity index (χ3v) is 5.12. The Labute approximate surface area is 104 Å². The lowest BCUT2D eigenvalue weighted by Crippen LogP contribution is -2.32. The Balaban J connectivity index is 2.71. The highest BCUT2D eigenvalue weighted by Crippen LogP contribution is 2.12. The number of aromatic nitrogens is 2. The molecule has 92 valence electrons. The van der Waals surface area contributed by atoms with E-state index in [4.69, 9.17) is 0 Å². The van der Waals surface area contributed by atoms with Crippen LogP contribution >= 0.6 is 15.9 Å². The molecule has 1 aromatic heterocycles. The number of aryl methyl sites for hydroxylation is 1. The molecule has 1 N–H and O–H groups in total. The molecular formula is C9H16BrN3O2S. The molecule has 0 aliphatic heterocycles.